The molecule has 0 aliphatic carbocycles. The van der Waals surface area contributed by atoms with Gasteiger partial charge in [-0.1, -0.05) is 6.07 Å². The number of halogens is 3. The molecule has 0 saturated carbocycles. The number of alkyl halides is 3. The normalized spacial score (nSPS) is 11.6. The molecule has 2 aromatic heterocycles. The van der Waals surface area contributed by atoms with E-state index in [9.17, 15) is 13.2 Å². The highest BCUT2D eigenvalue weighted by Gasteiger charge is 2.32. The van der Waals surface area contributed by atoms with Gasteiger partial charge >= 0.3 is 5.51 Å². The van der Waals surface area contributed by atoms with Gasteiger partial charge in [-0.05, 0) is 19.1 Å². The summed E-state index contributed by atoms with van der Waals surface area (Å²) >= 11 is 0.672. The van der Waals surface area contributed by atoms with Crippen molar-refractivity contribution in [3.63, 3.8) is 0 Å². The fourth-order valence-electron chi connectivity index (χ4n) is 1.15. The molecule has 0 aromatic carbocycles. The Morgan fingerprint density at radius 2 is 2.11 bits per heavy atom. The predicted molar refractivity (Wildman–Crippen MR) is 64.4 cm³/mol. The van der Waals surface area contributed by atoms with E-state index in [0.717, 1.165) is 0 Å². The fourth-order valence-corrected chi connectivity index (χ4v) is 2.35. The number of nitrogens with zero attached hydrogens (tertiary/aromatic N) is 2. The Hall–Kier alpha value is -1.28. The molecule has 0 saturated heterocycles. The lowest BCUT2D eigenvalue weighted by atomic mass is 10.4. The maximum atomic E-state index is 12.0. The minimum absolute atomic E-state index is 0.0250. The van der Waals surface area contributed by atoms with E-state index in [0.29, 0.717) is 15.6 Å². The second-order valence-corrected chi connectivity index (χ2v) is 5.21. The largest absolute Gasteiger partial charge is 0.479 e. The summed E-state index contributed by atoms with van der Waals surface area (Å²) in [7, 11) is 0. The van der Waals surface area contributed by atoms with Crippen LogP contribution in [-0.4, -0.2) is 15.5 Å². The van der Waals surface area contributed by atoms with E-state index in [1.807, 2.05) is 0 Å². The molecule has 0 aliphatic rings. The molecule has 0 unspecified atom stereocenters. The smallest absolute Gasteiger partial charge is 0.395 e. The number of aryl methyl sites for hydroxylation is 1. The molecule has 96 valence electrons. The van der Waals surface area contributed by atoms with Gasteiger partial charge in [0.2, 0.25) is 5.88 Å². The molecule has 2 heterocycles. The Balaban J connectivity index is 2.17. The van der Waals surface area contributed by atoms with Gasteiger partial charge in [0.15, 0.2) is 12.0 Å². The van der Waals surface area contributed by atoms with Gasteiger partial charge in [-0.15, -0.1) is 11.3 Å². The van der Waals surface area contributed by atoms with Gasteiger partial charge in [-0.2, -0.15) is 18.2 Å². The van der Waals surface area contributed by atoms with Gasteiger partial charge in [0, 0.05) is 6.20 Å². The van der Waals surface area contributed by atoms with Gasteiger partial charge < -0.3 is 4.18 Å². The van der Waals surface area contributed by atoms with Crippen LogP contribution in [0.5, 0.6) is 5.88 Å². The van der Waals surface area contributed by atoms with E-state index in [1.165, 1.54) is 11.3 Å². The number of thiazole rings is 1. The molecule has 2 aromatic rings. The lowest BCUT2D eigenvalue weighted by molar-refractivity contribution is -0.0370. The van der Waals surface area contributed by atoms with Crippen molar-refractivity contribution in [2.75, 3.05) is 0 Å². The summed E-state index contributed by atoms with van der Waals surface area (Å²) in [6.07, 6.45) is 1.59. The van der Waals surface area contributed by atoms with Gasteiger partial charge in [0.05, 0.1) is 10.6 Å². The van der Waals surface area contributed by atoms with Crippen molar-refractivity contribution in [3.8, 4) is 16.6 Å². The van der Waals surface area contributed by atoms with Gasteiger partial charge in [0.25, 0.3) is 0 Å². The minimum atomic E-state index is -4.44. The first-order chi connectivity index (χ1) is 8.46. The third-order valence-corrected chi connectivity index (χ3v) is 3.26. The topological polar surface area (TPSA) is 35.0 Å². The lowest BCUT2D eigenvalue weighted by Gasteiger charge is -2.03. The van der Waals surface area contributed by atoms with Crippen LogP contribution in [0, 0.1) is 6.92 Å². The van der Waals surface area contributed by atoms with E-state index in [1.54, 1.807) is 31.3 Å². The van der Waals surface area contributed by atoms with Crippen LogP contribution in [0.3, 0.4) is 0 Å². The number of aromatic nitrogens is 2. The van der Waals surface area contributed by atoms with Gasteiger partial charge in [0.1, 0.15) is 5.01 Å². The average molecular weight is 292 g/mol. The molecule has 0 aliphatic heterocycles. The standard InChI is InChI=1S/C10H7F3N2OS2/c1-6-8(16-18-10(11,12)13)15-9(17-6)7-4-2-3-5-14-7/h2-5H,1H3. The van der Waals surface area contributed by atoms with E-state index in [4.69, 9.17) is 0 Å². The third kappa shape index (κ3) is 3.36. The molecule has 0 radical (unpaired) electrons. The number of hydrogen-bond acceptors (Lipinski definition) is 5. The summed E-state index contributed by atoms with van der Waals surface area (Å²) in [4.78, 5) is 8.65. The molecule has 0 fully saturated rings. The van der Waals surface area contributed by atoms with E-state index in [-0.39, 0.29) is 5.88 Å². The fraction of sp³-hybridized carbons (Fsp3) is 0.200. The zero-order chi connectivity index (χ0) is 13.2. The summed E-state index contributed by atoms with van der Waals surface area (Å²) in [5.74, 6) is -0.0250. The first-order valence-electron chi connectivity index (χ1n) is 4.77. The molecule has 0 spiro atoms. The highest BCUT2D eigenvalue weighted by molar-refractivity contribution is 7.95. The van der Waals surface area contributed by atoms with E-state index < -0.39 is 17.6 Å². The van der Waals surface area contributed by atoms with Crippen LogP contribution in [0.1, 0.15) is 4.88 Å². The molecular formula is C10H7F3N2OS2. The Morgan fingerprint density at radius 3 is 2.72 bits per heavy atom. The maximum absolute atomic E-state index is 12.0. The van der Waals surface area contributed by atoms with Crippen LogP contribution < -0.4 is 4.18 Å². The molecule has 2 rings (SSSR count). The molecule has 0 N–H and O–H groups in total. The van der Waals surface area contributed by atoms with Crippen molar-refractivity contribution in [2.24, 2.45) is 0 Å². The highest BCUT2D eigenvalue weighted by Crippen LogP contribution is 2.36. The molecule has 3 nitrogen and oxygen atoms in total. The maximum Gasteiger partial charge on any atom is 0.479 e. The Labute approximate surface area is 109 Å². The summed E-state index contributed by atoms with van der Waals surface area (Å²) in [6.45, 7) is 1.65. The average Bonchev–Trinajstić information content (AvgIpc) is 2.68. The molecule has 0 bridgehead atoms. The minimum Gasteiger partial charge on any atom is -0.395 e. The molecule has 0 atom stereocenters. The first-order valence-corrected chi connectivity index (χ1v) is 6.33. The van der Waals surface area contributed by atoms with Crippen LogP contribution in [0.2, 0.25) is 0 Å². The molecule has 8 heteroatoms. The van der Waals surface area contributed by atoms with Crippen LogP contribution >= 0.6 is 23.4 Å². The molecule has 18 heavy (non-hydrogen) atoms. The highest BCUT2D eigenvalue weighted by atomic mass is 32.2. The lowest BCUT2D eigenvalue weighted by Crippen LogP contribution is -2.03. The summed E-state index contributed by atoms with van der Waals surface area (Å²) in [5, 5.41) is 0.533. The first kappa shape index (κ1) is 13.2. The predicted octanol–water partition coefficient (Wildman–Crippen LogP) is 4.06. The molecular weight excluding hydrogens is 285 g/mol. The van der Waals surface area contributed by atoms with Gasteiger partial charge in [-0.25, -0.2) is 0 Å². The second-order valence-electron chi connectivity index (χ2n) is 3.21. The zero-order valence-electron chi connectivity index (χ0n) is 9.06. The SMILES string of the molecule is Cc1sc(-c2ccccn2)nc1OSC(F)(F)F. The van der Waals surface area contributed by atoms with Crippen LogP contribution in [0.4, 0.5) is 13.2 Å². The van der Waals surface area contributed by atoms with Crippen LogP contribution in [-0.2, 0) is 0 Å². The van der Waals surface area contributed by atoms with Gasteiger partial charge in [-0.3, -0.25) is 4.98 Å². The van der Waals surface area contributed by atoms with E-state index >= 15 is 0 Å². The van der Waals surface area contributed by atoms with Crippen LogP contribution in [0.25, 0.3) is 10.7 Å². The monoisotopic (exact) mass is 292 g/mol. The summed E-state index contributed by atoms with van der Waals surface area (Å²) in [6, 6.07) is 5.27. The third-order valence-electron chi connectivity index (χ3n) is 1.85. The number of hydrogen-bond donors (Lipinski definition) is 0. The Morgan fingerprint density at radius 1 is 1.33 bits per heavy atom. The van der Waals surface area contributed by atoms with Crippen molar-refractivity contribution < 1.29 is 17.4 Å². The van der Waals surface area contributed by atoms with Crippen molar-refractivity contribution in [1.29, 1.82) is 0 Å². The van der Waals surface area contributed by atoms with Crippen molar-refractivity contribution in [2.45, 2.75) is 12.4 Å². The van der Waals surface area contributed by atoms with E-state index in [2.05, 4.69) is 14.2 Å². The quantitative estimate of drug-likeness (QED) is 0.799. The zero-order valence-corrected chi connectivity index (χ0v) is 10.7. The Kier molecular flexibility index (Phi) is 3.76. The number of rotatable bonds is 3. The Bertz CT molecular complexity index is 528. The second kappa shape index (κ2) is 5.15. The molecule has 0 amide bonds. The van der Waals surface area contributed by atoms with Crippen molar-refractivity contribution in [1.82, 2.24) is 9.97 Å². The number of pyridine rings is 1. The van der Waals surface area contributed by atoms with Crippen molar-refractivity contribution in [3.05, 3.63) is 29.3 Å². The summed E-state index contributed by atoms with van der Waals surface area (Å²) in [5.41, 5.74) is -3.83. The van der Waals surface area contributed by atoms with Crippen LogP contribution in [0.15, 0.2) is 24.4 Å². The summed E-state index contributed by atoms with van der Waals surface area (Å²) < 4.78 is 40.6. The van der Waals surface area contributed by atoms with Crippen molar-refractivity contribution >= 4 is 23.4 Å².